The van der Waals surface area contributed by atoms with Gasteiger partial charge in [0.1, 0.15) is 0 Å². The highest BCUT2D eigenvalue weighted by atomic mass is 16.5. The van der Waals surface area contributed by atoms with E-state index in [9.17, 15) is 0 Å². The van der Waals surface area contributed by atoms with Crippen molar-refractivity contribution in [2.75, 3.05) is 20.3 Å². The molecule has 0 saturated carbocycles. The van der Waals surface area contributed by atoms with Crippen molar-refractivity contribution in [2.45, 2.75) is 33.3 Å². The molecule has 1 rings (SSSR count). The molecule has 1 unspecified atom stereocenters. The standard InChI is InChI=1S/C6H12O2.C3H8/c1-5-3-8-4-6(5)7-2;1-3-2/h5-6H,3-4H2,1-2H3;3H2,1-2H3/t5?,6-;/m1./s1. The highest BCUT2D eigenvalue weighted by Gasteiger charge is 2.22. The van der Waals surface area contributed by atoms with Gasteiger partial charge in [-0.1, -0.05) is 27.2 Å². The van der Waals surface area contributed by atoms with Gasteiger partial charge in [-0.3, -0.25) is 0 Å². The minimum Gasteiger partial charge on any atom is -0.379 e. The number of methoxy groups -OCH3 is 1. The molecule has 68 valence electrons. The molecular weight excluding hydrogens is 140 g/mol. The van der Waals surface area contributed by atoms with E-state index in [0.717, 1.165) is 13.2 Å². The third-order valence-electron chi connectivity index (χ3n) is 1.60. The predicted octanol–water partition coefficient (Wildman–Crippen LogP) is 2.08. The topological polar surface area (TPSA) is 18.5 Å². The maximum atomic E-state index is 5.14. The lowest BCUT2D eigenvalue weighted by molar-refractivity contribution is 0.0697. The molecule has 1 heterocycles. The molecule has 1 saturated heterocycles. The van der Waals surface area contributed by atoms with Gasteiger partial charge in [-0.2, -0.15) is 0 Å². The molecule has 0 aromatic rings. The van der Waals surface area contributed by atoms with Gasteiger partial charge >= 0.3 is 0 Å². The van der Waals surface area contributed by atoms with Crippen molar-refractivity contribution >= 4 is 0 Å². The monoisotopic (exact) mass is 160 g/mol. The lowest BCUT2D eigenvalue weighted by atomic mass is 10.1. The lowest BCUT2D eigenvalue weighted by Crippen LogP contribution is -2.17. The van der Waals surface area contributed by atoms with E-state index in [4.69, 9.17) is 9.47 Å². The van der Waals surface area contributed by atoms with Crippen LogP contribution in [0.4, 0.5) is 0 Å². The van der Waals surface area contributed by atoms with Gasteiger partial charge in [-0.25, -0.2) is 0 Å². The first-order chi connectivity index (χ1) is 5.26. The molecule has 11 heavy (non-hydrogen) atoms. The first-order valence-electron chi connectivity index (χ1n) is 4.36. The summed E-state index contributed by atoms with van der Waals surface area (Å²) in [6.45, 7) is 8.03. The van der Waals surface area contributed by atoms with E-state index < -0.39 is 0 Å². The van der Waals surface area contributed by atoms with Gasteiger partial charge in [0, 0.05) is 13.0 Å². The van der Waals surface area contributed by atoms with Crippen LogP contribution in [0.15, 0.2) is 0 Å². The first kappa shape index (κ1) is 10.9. The summed E-state index contributed by atoms with van der Waals surface area (Å²) in [6.07, 6.45) is 1.59. The summed E-state index contributed by atoms with van der Waals surface area (Å²) in [6, 6.07) is 0. The van der Waals surface area contributed by atoms with Crippen molar-refractivity contribution in [3.05, 3.63) is 0 Å². The maximum Gasteiger partial charge on any atom is 0.0852 e. The van der Waals surface area contributed by atoms with Crippen molar-refractivity contribution in [1.82, 2.24) is 0 Å². The molecule has 0 aromatic heterocycles. The van der Waals surface area contributed by atoms with Crippen LogP contribution >= 0.6 is 0 Å². The summed E-state index contributed by atoms with van der Waals surface area (Å²) in [4.78, 5) is 0. The van der Waals surface area contributed by atoms with E-state index >= 15 is 0 Å². The zero-order valence-corrected chi connectivity index (χ0v) is 8.09. The Kier molecular flexibility index (Phi) is 6.57. The minimum absolute atomic E-state index is 0.343. The molecule has 2 atom stereocenters. The Morgan fingerprint density at radius 1 is 1.36 bits per heavy atom. The van der Waals surface area contributed by atoms with E-state index in [1.165, 1.54) is 6.42 Å². The SMILES string of the molecule is CCC.CO[C@@H]1COCC1C. The average Bonchev–Trinajstić information content (AvgIpc) is 2.36. The van der Waals surface area contributed by atoms with Crippen LogP contribution in [0, 0.1) is 5.92 Å². The summed E-state index contributed by atoms with van der Waals surface area (Å²) in [5, 5.41) is 0. The van der Waals surface area contributed by atoms with Crippen molar-refractivity contribution in [1.29, 1.82) is 0 Å². The minimum atomic E-state index is 0.343. The van der Waals surface area contributed by atoms with Gasteiger partial charge in [0.15, 0.2) is 0 Å². The molecule has 1 fully saturated rings. The quantitative estimate of drug-likeness (QED) is 0.584. The summed E-state index contributed by atoms with van der Waals surface area (Å²) < 4.78 is 10.2. The zero-order chi connectivity index (χ0) is 8.69. The van der Waals surface area contributed by atoms with Gasteiger partial charge in [0.25, 0.3) is 0 Å². The van der Waals surface area contributed by atoms with Crippen LogP contribution in [-0.4, -0.2) is 26.4 Å². The van der Waals surface area contributed by atoms with Gasteiger partial charge in [-0.05, 0) is 0 Å². The van der Waals surface area contributed by atoms with E-state index in [1.54, 1.807) is 7.11 Å². The van der Waals surface area contributed by atoms with Crippen LogP contribution in [-0.2, 0) is 9.47 Å². The number of ether oxygens (including phenoxy) is 2. The Hall–Kier alpha value is -0.0800. The molecule has 0 aromatic carbocycles. The van der Waals surface area contributed by atoms with Crippen LogP contribution in [0.3, 0.4) is 0 Å². The van der Waals surface area contributed by atoms with Crippen LogP contribution in [0.25, 0.3) is 0 Å². The fraction of sp³-hybridized carbons (Fsp3) is 1.00. The molecule has 0 N–H and O–H groups in total. The first-order valence-corrected chi connectivity index (χ1v) is 4.36. The summed E-state index contributed by atoms with van der Waals surface area (Å²) >= 11 is 0. The van der Waals surface area contributed by atoms with Gasteiger partial charge in [0.05, 0.1) is 19.3 Å². The molecule has 0 radical (unpaired) electrons. The molecule has 1 aliphatic heterocycles. The lowest BCUT2D eigenvalue weighted by Gasteiger charge is -2.08. The summed E-state index contributed by atoms with van der Waals surface area (Å²) in [7, 11) is 1.73. The summed E-state index contributed by atoms with van der Waals surface area (Å²) in [5.74, 6) is 0.583. The molecule has 0 amide bonds. The number of hydrogen-bond acceptors (Lipinski definition) is 2. The van der Waals surface area contributed by atoms with Crippen molar-refractivity contribution < 1.29 is 9.47 Å². The number of rotatable bonds is 1. The Morgan fingerprint density at radius 2 is 1.91 bits per heavy atom. The van der Waals surface area contributed by atoms with Gasteiger partial charge in [0.2, 0.25) is 0 Å². The Balaban J connectivity index is 0.000000292. The average molecular weight is 160 g/mol. The Labute approximate surface area is 69.9 Å². The zero-order valence-electron chi connectivity index (χ0n) is 8.09. The highest BCUT2D eigenvalue weighted by Crippen LogP contribution is 2.14. The van der Waals surface area contributed by atoms with Crippen molar-refractivity contribution in [2.24, 2.45) is 5.92 Å². The summed E-state index contributed by atoms with van der Waals surface area (Å²) in [5.41, 5.74) is 0. The highest BCUT2D eigenvalue weighted by molar-refractivity contribution is 4.70. The van der Waals surface area contributed by atoms with E-state index in [2.05, 4.69) is 20.8 Å². The Morgan fingerprint density at radius 3 is 2.09 bits per heavy atom. The Bertz CT molecular complexity index is 83.6. The molecule has 0 aliphatic carbocycles. The predicted molar refractivity (Wildman–Crippen MR) is 46.7 cm³/mol. The molecular formula is C9H20O2. The van der Waals surface area contributed by atoms with Crippen LogP contribution in [0.5, 0.6) is 0 Å². The van der Waals surface area contributed by atoms with E-state index in [1.807, 2.05) is 0 Å². The molecule has 2 heteroatoms. The fourth-order valence-electron chi connectivity index (χ4n) is 0.942. The fourth-order valence-corrected chi connectivity index (χ4v) is 0.942. The van der Waals surface area contributed by atoms with Crippen molar-refractivity contribution in [3.8, 4) is 0 Å². The van der Waals surface area contributed by atoms with Crippen LogP contribution in [0.2, 0.25) is 0 Å². The second-order valence-corrected chi connectivity index (χ2v) is 3.00. The van der Waals surface area contributed by atoms with Crippen LogP contribution < -0.4 is 0 Å². The normalized spacial score (nSPS) is 29.5. The molecule has 0 spiro atoms. The van der Waals surface area contributed by atoms with Gasteiger partial charge in [-0.15, -0.1) is 0 Å². The second-order valence-electron chi connectivity index (χ2n) is 3.00. The maximum absolute atomic E-state index is 5.14. The molecule has 2 nitrogen and oxygen atoms in total. The van der Waals surface area contributed by atoms with Crippen molar-refractivity contribution in [3.63, 3.8) is 0 Å². The molecule has 1 aliphatic rings. The second kappa shape index (κ2) is 6.62. The van der Waals surface area contributed by atoms with E-state index in [-0.39, 0.29) is 0 Å². The molecule has 0 bridgehead atoms. The number of hydrogen-bond donors (Lipinski definition) is 0. The largest absolute Gasteiger partial charge is 0.379 e. The smallest absolute Gasteiger partial charge is 0.0852 e. The third kappa shape index (κ3) is 4.38. The van der Waals surface area contributed by atoms with Gasteiger partial charge < -0.3 is 9.47 Å². The van der Waals surface area contributed by atoms with Crippen LogP contribution in [0.1, 0.15) is 27.2 Å². The van der Waals surface area contributed by atoms with E-state index in [0.29, 0.717) is 12.0 Å². The third-order valence-corrected chi connectivity index (χ3v) is 1.60.